The molecule has 0 unspecified atom stereocenters. The standard InChI is InChI=1S/C22H32N6O9S/c1-24(10-17(29)25(2)12-19(31)27(4)14-21(33)34)18(30)11-26(3)20(32)13-28(5)22(35)15-6-8-16(9-7-15)38(23,36)37/h6-9H,10-14H2,1-5H3,(H,33,34)(H2,23,36,37). The van der Waals surface area contributed by atoms with Crippen molar-refractivity contribution in [2.45, 2.75) is 4.90 Å². The van der Waals surface area contributed by atoms with Crippen LogP contribution in [0.4, 0.5) is 0 Å². The molecule has 1 aromatic carbocycles. The van der Waals surface area contributed by atoms with Crippen molar-refractivity contribution in [2.75, 3.05) is 68.0 Å². The summed E-state index contributed by atoms with van der Waals surface area (Å²) in [6.07, 6.45) is 0. The number of hydrogen-bond acceptors (Lipinski definition) is 8. The molecule has 0 aliphatic carbocycles. The fourth-order valence-corrected chi connectivity index (χ4v) is 3.44. The molecule has 210 valence electrons. The second kappa shape index (κ2) is 13.5. The average Bonchev–Trinajstić information content (AvgIpc) is 2.82. The van der Waals surface area contributed by atoms with Crippen LogP contribution >= 0.6 is 0 Å². The number of benzene rings is 1. The van der Waals surface area contributed by atoms with E-state index in [0.717, 1.165) is 24.5 Å². The average molecular weight is 557 g/mol. The van der Waals surface area contributed by atoms with Crippen LogP contribution in [0.15, 0.2) is 29.2 Å². The highest BCUT2D eigenvalue weighted by Gasteiger charge is 2.23. The predicted molar refractivity (Wildman–Crippen MR) is 133 cm³/mol. The van der Waals surface area contributed by atoms with Crippen molar-refractivity contribution >= 4 is 45.5 Å². The van der Waals surface area contributed by atoms with Crippen LogP contribution in [0.25, 0.3) is 0 Å². The molecule has 0 atom stereocenters. The molecule has 0 aliphatic rings. The van der Waals surface area contributed by atoms with Gasteiger partial charge in [0, 0.05) is 40.8 Å². The maximum atomic E-state index is 12.6. The Kier molecular flexibility index (Phi) is 11.3. The molecule has 15 nitrogen and oxygen atoms in total. The van der Waals surface area contributed by atoms with Crippen molar-refractivity contribution in [3.8, 4) is 0 Å². The van der Waals surface area contributed by atoms with Crippen molar-refractivity contribution in [1.29, 1.82) is 0 Å². The smallest absolute Gasteiger partial charge is 0.323 e. The highest BCUT2D eigenvalue weighted by molar-refractivity contribution is 7.89. The number of primary sulfonamides is 1. The summed E-state index contributed by atoms with van der Waals surface area (Å²) in [4.78, 5) is 77.7. The molecule has 1 rings (SSSR count). The highest BCUT2D eigenvalue weighted by atomic mass is 32.2. The molecular formula is C22H32N6O9S. The monoisotopic (exact) mass is 556 g/mol. The Labute approximate surface area is 220 Å². The number of carbonyl (C=O) groups excluding carboxylic acids is 5. The molecule has 1 aromatic rings. The molecule has 0 fully saturated rings. The third-order valence-electron chi connectivity index (χ3n) is 5.34. The van der Waals surface area contributed by atoms with Gasteiger partial charge in [-0.05, 0) is 24.3 Å². The van der Waals surface area contributed by atoms with Gasteiger partial charge < -0.3 is 29.6 Å². The van der Waals surface area contributed by atoms with Crippen molar-refractivity contribution in [3.63, 3.8) is 0 Å². The Morgan fingerprint density at radius 1 is 0.632 bits per heavy atom. The van der Waals surface area contributed by atoms with Gasteiger partial charge in [0.15, 0.2) is 0 Å². The van der Waals surface area contributed by atoms with Gasteiger partial charge >= 0.3 is 5.97 Å². The van der Waals surface area contributed by atoms with Crippen molar-refractivity contribution in [3.05, 3.63) is 29.8 Å². The zero-order valence-corrected chi connectivity index (χ0v) is 22.6. The van der Waals surface area contributed by atoms with E-state index in [1.54, 1.807) is 0 Å². The molecular weight excluding hydrogens is 524 g/mol. The Bertz CT molecular complexity index is 1190. The second-order valence-corrected chi connectivity index (χ2v) is 10.2. The first-order valence-electron chi connectivity index (χ1n) is 11.0. The van der Waals surface area contributed by atoms with Gasteiger partial charge in [-0.2, -0.15) is 0 Å². The molecule has 38 heavy (non-hydrogen) atoms. The number of carbonyl (C=O) groups is 6. The van der Waals surface area contributed by atoms with Crippen LogP contribution in [-0.2, 0) is 34.0 Å². The molecule has 3 N–H and O–H groups in total. The van der Waals surface area contributed by atoms with Crippen LogP contribution in [0.1, 0.15) is 10.4 Å². The van der Waals surface area contributed by atoms with Gasteiger partial charge in [0.1, 0.15) is 6.54 Å². The number of nitrogens with zero attached hydrogens (tertiary/aromatic N) is 5. The van der Waals surface area contributed by atoms with Gasteiger partial charge in [-0.3, -0.25) is 28.8 Å². The number of aliphatic carboxylic acids is 1. The molecule has 5 amide bonds. The van der Waals surface area contributed by atoms with E-state index < -0.39 is 58.6 Å². The number of carboxylic acids is 1. The van der Waals surface area contributed by atoms with Gasteiger partial charge in [0.25, 0.3) is 5.91 Å². The summed E-state index contributed by atoms with van der Waals surface area (Å²) in [5.41, 5.74) is 0.126. The summed E-state index contributed by atoms with van der Waals surface area (Å²) in [5.74, 6) is -4.09. The van der Waals surface area contributed by atoms with E-state index in [9.17, 15) is 37.2 Å². The number of sulfonamides is 1. The minimum atomic E-state index is -3.92. The van der Waals surface area contributed by atoms with E-state index in [0.29, 0.717) is 0 Å². The Hall–Kier alpha value is -4.05. The molecule has 0 spiro atoms. The SMILES string of the molecule is CN(CC(=O)O)C(=O)CN(C)C(=O)CN(C)C(=O)CN(C)C(=O)CN(C)C(=O)c1ccc(S(N)(=O)=O)cc1. The van der Waals surface area contributed by atoms with Crippen molar-refractivity contribution < 1.29 is 42.3 Å². The lowest BCUT2D eigenvalue weighted by molar-refractivity contribution is -0.146. The van der Waals surface area contributed by atoms with Crippen molar-refractivity contribution in [2.24, 2.45) is 5.14 Å². The lowest BCUT2D eigenvalue weighted by Gasteiger charge is -2.26. The molecule has 0 saturated carbocycles. The molecule has 0 aromatic heterocycles. The van der Waals surface area contributed by atoms with Gasteiger partial charge in [-0.25, -0.2) is 13.6 Å². The van der Waals surface area contributed by atoms with E-state index >= 15 is 0 Å². The number of carboxylic acid groups (broad SMARTS) is 1. The molecule has 0 radical (unpaired) electrons. The maximum Gasteiger partial charge on any atom is 0.323 e. The topological polar surface area (TPSA) is 199 Å². The van der Waals surface area contributed by atoms with Gasteiger partial charge in [0.05, 0.1) is 31.1 Å². The predicted octanol–water partition coefficient (Wildman–Crippen LogP) is -2.68. The largest absolute Gasteiger partial charge is 0.480 e. The van der Waals surface area contributed by atoms with Crippen LogP contribution < -0.4 is 5.14 Å². The number of likely N-dealkylation sites (N-methyl/N-ethyl adjacent to an activating group) is 5. The van der Waals surface area contributed by atoms with Gasteiger partial charge in [-0.1, -0.05) is 0 Å². The van der Waals surface area contributed by atoms with E-state index in [-0.39, 0.29) is 30.1 Å². The van der Waals surface area contributed by atoms with Crippen LogP contribution in [0, 0.1) is 0 Å². The zero-order valence-electron chi connectivity index (χ0n) is 21.8. The first-order valence-corrected chi connectivity index (χ1v) is 12.5. The zero-order chi connectivity index (χ0) is 29.4. The summed E-state index contributed by atoms with van der Waals surface area (Å²) in [7, 11) is 2.74. The normalized spacial score (nSPS) is 10.8. The van der Waals surface area contributed by atoms with Gasteiger partial charge in [-0.15, -0.1) is 0 Å². The number of rotatable bonds is 12. The number of hydrogen-bond donors (Lipinski definition) is 2. The quantitative estimate of drug-likeness (QED) is 0.275. The summed E-state index contributed by atoms with van der Waals surface area (Å²) in [5, 5.41) is 13.8. The Balaban J connectivity index is 2.61. The fraction of sp³-hybridized carbons (Fsp3) is 0.455. The van der Waals surface area contributed by atoms with Crippen molar-refractivity contribution in [1.82, 2.24) is 24.5 Å². The number of nitrogens with two attached hydrogens (primary N) is 1. The Morgan fingerprint density at radius 3 is 1.26 bits per heavy atom. The van der Waals surface area contributed by atoms with Crippen LogP contribution in [0.2, 0.25) is 0 Å². The molecule has 16 heteroatoms. The molecule has 0 bridgehead atoms. The fourth-order valence-electron chi connectivity index (χ4n) is 2.93. The van der Waals surface area contributed by atoms with Crippen LogP contribution in [0.5, 0.6) is 0 Å². The van der Waals surface area contributed by atoms with E-state index in [1.165, 1.54) is 59.5 Å². The highest BCUT2D eigenvalue weighted by Crippen LogP contribution is 2.10. The van der Waals surface area contributed by atoms with E-state index in [1.807, 2.05) is 0 Å². The third kappa shape index (κ3) is 9.78. The lowest BCUT2D eigenvalue weighted by atomic mass is 10.2. The minimum absolute atomic E-state index is 0.126. The molecule has 0 aliphatic heterocycles. The van der Waals surface area contributed by atoms with E-state index in [2.05, 4.69) is 0 Å². The lowest BCUT2D eigenvalue weighted by Crippen LogP contribution is -2.47. The maximum absolute atomic E-state index is 12.6. The summed E-state index contributed by atoms with van der Waals surface area (Å²) < 4.78 is 22.7. The molecule has 0 heterocycles. The summed E-state index contributed by atoms with van der Waals surface area (Å²) in [6, 6.07) is 4.86. The first kappa shape index (κ1) is 32.0. The van der Waals surface area contributed by atoms with E-state index in [4.69, 9.17) is 10.2 Å². The first-order chi connectivity index (χ1) is 17.4. The third-order valence-corrected chi connectivity index (χ3v) is 6.27. The Morgan fingerprint density at radius 2 is 0.947 bits per heavy atom. The second-order valence-electron chi connectivity index (χ2n) is 8.62. The number of amides is 5. The van der Waals surface area contributed by atoms with Gasteiger partial charge in [0.2, 0.25) is 33.7 Å². The summed E-state index contributed by atoms with van der Waals surface area (Å²) >= 11 is 0. The summed E-state index contributed by atoms with van der Waals surface area (Å²) in [6.45, 7) is -2.06. The van der Waals surface area contributed by atoms with Crippen LogP contribution in [0.3, 0.4) is 0 Å². The van der Waals surface area contributed by atoms with Crippen LogP contribution in [-0.4, -0.2) is 141 Å². The minimum Gasteiger partial charge on any atom is -0.480 e. The molecule has 0 saturated heterocycles.